The standard InChI is InChI=1S/C18H22F2N2OS/c1-5-11(4)24-18-21-15(16(10(2)3)17(23)22-18)9-12-13(19)7-6-8-14(12)20/h6-8,10-11H,5,9H2,1-4H3,(H,21,22,23). The molecule has 1 heterocycles. The minimum Gasteiger partial charge on any atom is -0.301 e. The Morgan fingerprint density at radius 1 is 1.21 bits per heavy atom. The van der Waals surface area contributed by atoms with Crippen LogP contribution < -0.4 is 5.56 Å². The van der Waals surface area contributed by atoms with Crippen LogP contribution in [-0.2, 0) is 6.42 Å². The summed E-state index contributed by atoms with van der Waals surface area (Å²) in [5, 5.41) is 0.779. The maximum absolute atomic E-state index is 14.0. The number of H-pyrrole nitrogens is 1. The number of aromatic nitrogens is 2. The molecular formula is C18H22F2N2OS. The van der Waals surface area contributed by atoms with Gasteiger partial charge in [0.2, 0.25) is 0 Å². The van der Waals surface area contributed by atoms with E-state index in [1.807, 2.05) is 27.7 Å². The Labute approximate surface area is 144 Å². The van der Waals surface area contributed by atoms with Crippen LogP contribution in [0, 0.1) is 11.6 Å². The first-order chi connectivity index (χ1) is 11.3. The van der Waals surface area contributed by atoms with Crippen LogP contribution in [0.2, 0.25) is 0 Å². The minimum absolute atomic E-state index is 0.0377. The van der Waals surface area contributed by atoms with Gasteiger partial charge < -0.3 is 4.98 Å². The van der Waals surface area contributed by atoms with E-state index >= 15 is 0 Å². The Hall–Kier alpha value is -1.69. The molecule has 0 spiro atoms. The lowest BCUT2D eigenvalue weighted by Crippen LogP contribution is -2.21. The summed E-state index contributed by atoms with van der Waals surface area (Å²) in [6.45, 7) is 7.83. The Balaban J connectivity index is 2.51. The third kappa shape index (κ3) is 4.23. The Bertz CT molecular complexity index is 754. The predicted octanol–water partition coefficient (Wildman–Crippen LogP) is 4.65. The number of thioether (sulfide) groups is 1. The van der Waals surface area contributed by atoms with E-state index in [0.29, 0.717) is 16.4 Å². The smallest absolute Gasteiger partial charge is 0.255 e. The number of hydrogen-bond donors (Lipinski definition) is 1. The molecule has 1 N–H and O–H groups in total. The van der Waals surface area contributed by atoms with E-state index in [1.165, 1.54) is 30.0 Å². The van der Waals surface area contributed by atoms with E-state index in [4.69, 9.17) is 0 Å². The molecule has 3 nitrogen and oxygen atoms in total. The molecular weight excluding hydrogens is 330 g/mol. The molecule has 0 aliphatic rings. The van der Waals surface area contributed by atoms with Crippen molar-refractivity contribution in [3.8, 4) is 0 Å². The topological polar surface area (TPSA) is 45.8 Å². The zero-order valence-electron chi connectivity index (χ0n) is 14.3. The molecule has 0 saturated heterocycles. The average Bonchev–Trinajstić information content (AvgIpc) is 2.50. The van der Waals surface area contributed by atoms with Crippen molar-refractivity contribution in [2.75, 3.05) is 0 Å². The maximum Gasteiger partial charge on any atom is 0.255 e. The fourth-order valence-electron chi connectivity index (χ4n) is 2.43. The van der Waals surface area contributed by atoms with Gasteiger partial charge in [0.25, 0.3) is 5.56 Å². The third-order valence-electron chi connectivity index (χ3n) is 3.88. The lowest BCUT2D eigenvalue weighted by Gasteiger charge is -2.14. The van der Waals surface area contributed by atoms with Crippen LogP contribution >= 0.6 is 11.8 Å². The zero-order valence-corrected chi connectivity index (χ0v) is 15.1. The molecule has 2 aromatic rings. The van der Waals surface area contributed by atoms with E-state index in [9.17, 15) is 13.6 Å². The van der Waals surface area contributed by atoms with Crippen LogP contribution in [0.15, 0.2) is 28.2 Å². The summed E-state index contributed by atoms with van der Waals surface area (Å²) in [4.78, 5) is 19.7. The van der Waals surface area contributed by atoms with Crippen molar-refractivity contribution in [3.05, 3.63) is 57.0 Å². The summed E-state index contributed by atoms with van der Waals surface area (Å²) in [6, 6.07) is 3.76. The molecule has 0 amide bonds. The summed E-state index contributed by atoms with van der Waals surface area (Å²) in [5.41, 5.74) is 0.615. The number of nitrogens with one attached hydrogen (secondary N) is 1. The molecule has 1 aromatic carbocycles. The Kier molecular flexibility index (Phi) is 6.15. The number of nitrogens with zero attached hydrogens (tertiary/aromatic N) is 1. The molecule has 0 aliphatic heterocycles. The second kappa shape index (κ2) is 7.92. The van der Waals surface area contributed by atoms with E-state index in [2.05, 4.69) is 9.97 Å². The van der Waals surface area contributed by atoms with Crippen LogP contribution in [-0.4, -0.2) is 15.2 Å². The summed E-state index contributed by atoms with van der Waals surface area (Å²) in [7, 11) is 0. The average molecular weight is 352 g/mol. The highest BCUT2D eigenvalue weighted by Crippen LogP contribution is 2.25. The highest BCUT2D eigenvalue weighted by Gasteiger charge is 2.19. The van der Waals surface area contributed by atoms with E-state index in [0.717, 1.165) is 6.42 Å². The van der Waals surface area contributed by atoms with E-state index in [-0.39, 0.29) is 28.7 Å². The fraction of sp³-hybridized carbons (Fsp3) is 0.444. The summed E-state index contributed by atoms with van der Waals surface area (Å²) >= 11 is 1.46. The lowest BCUT2D eigenvalue weighted by atomic mass is 9.98. The van der Waals surface area contributed by atoms with Gasteiger partial charge in [-0.2, -0.15) is 0 Å². The van der Waals surface area contributed by atoms with Crippen LogP contribution in [0.4, 0.5) is 8.78 Å². The lowest BCUT2D eigenvalue weighted by molar-refractivity contribution is 0.558. The minimum atomic E-state index is -0.622. The molecule has 24 heavy (non-hydrogen) atoms. The summed E-state index contributed by atoms with van der Waals surface area (Å²) in [5.74, 6) is -1.33. The summed E-state index contributed by atoms with van der Waals surface area (Å²) in [6.07, 6.45) is 0.890. The molecule has 0 saturated carbocycles. The number of halogens is 2. The molecule has 1 unspecified atom stereocenters. The number of hydrogen-bond acceptors (Lipinski definition) is 3. The van der Waals surface area contributed by atoms with E-state index in [1.54, 1.807) is 0 Å². The van der Waals surface area contributed by atoms with Crippen molar-refractivity contribution in [2.45, 2.75) is 56.9 Å². The van der Waals surface area contributed by atoms with Gasteiger partial charge >= 0.3 is 0 Å². The zero-order chi connectivity index (χ0) is 17.9. The molecule has 1 aromatic heterocycles. The Morgan fingerprint density at radius 2 is 1.83 bits per heavy atom. The summed E-state index contributed by atoms with van der Waals surface area (Å²) < 4.78 is 28.0. The number of rotatable bonds is 6. The van der Waals surface area contributed by atoms with Crippen LogP contribution in [0.3, 0.4) is 0 Å². The van der Waals surface area contributed by atoms with Gasteiger partial charge in [-0.1, -0.05) is 45.5 Å². The molecule has 0 radical (unpaired) electrons. The van der Waals surface area contributed by atoms with Gasteiger partial charge in [0.05, 0.1) is 5.69 Å². The van der Waals surface area contributed by atoms with E-state index < -0.39 is 11.6 Å². The molecule has 1 atom stereocenters. The second-order valence-electron chi connectivity index (χ2n) is 6.10. The molecule has 0 bridgehead atoms. The first kappa shape index (κ1) is 18.6. The first-order valence-electron chi connectivity index (χ1n) is 8.06. The largest absolute Gasteiger partial charge is 0.301 e. The SMILES string of the molecule is CCC(C)Sc1nc(Cc2c(F)cccc2F)c(C(C)C)c(=O)[nH]1. The molecule has 130 valence electrons. The third-order valence-corrected chi connectivity index (χ3v) is 5.04. The van der Waals surface area contributed by atoms with Gasteiger partial charge in [-0.3, -0.25) is 4.79 Å². The van der Waals surface area contributed by atoms with Gasteiger partial charge in [-0.25, -0.2) is 13.8 Å². The normalized spacial score (nSPS) is 12.6. The highest BCUT2D eigenvalue weighted by molar-refractivity contribution is 7.99. The van der Waals surface area contributed by atoms with Crippen molar-refractivity contribution >= 4 is 11.8 Å². The van der Waals surface area contributed by atoms with Gasteiger partial charge in [-0.05, 0) is 24.5 Å². The molecule has 2 rings (SSSR count). The van der Waals surface area contributed by atoms with Crippen molar-refractivity contribution in [1.29, 1.82) is 0 Å². The van der Waals surface area contributed by atoms with Crippen molar-refractivity contribution in [1.82, 2.24) is 9.97 Å². The van der Waals surface area contributed by atoms with Gasteiger partial charge in [0.1, 0.15) is 11.6 Å². The van der Waals surface area contributed by atoms with Crippen molar-refractivity contribution in [3.63, 3.8) is 0 Å². The van der Waals surface area contributed by atoms with Gasteiger partial charge in [-0.15, -0.1) is 0 Å². The quantitative estimate of drug-likeness (QED) is 0.608. The molecule has 0 fully saturated rings. The highest BCUT2D eigenvalue weighted by atomic mass is 32.2. The van der Waals surface area contributed by atoms with Crippen molar-refractivity contribution in [2.24, 2.45) is 0 Å². The van der Waals surface area contributed by atoms with Crippen LogP contribution in [0.1, 0.15) is 56.9 Å². The number of aromatic amines is 1. The van der Waals surface area contributed by atoms with Crippen molar-refractivity contribution < 1.29 is 8.78 Å². The molecule has 6 heteroatoms. The van der Waals surface area contributed by atoms with Crippen LogP contribution in [0.5, 0.6) is 0 Å². The van der Waals surface area contributed by atoms with Gasteiger partial charge in [0.15, 0.2) is 5.16 Å². The second-order valence-corrected chi connectivity index (χ2v) is 7.53. The van der Waals surface area contributed by atoms with Gasteiger partial charge in [0, 0.05) is 22.8 Å². The first-order valence-corrected chi connectivity index (χ1v) is 8.94. The predicted molar refractivity (Wildman–Crippen MR) is 93.7 cm³/mol. The fourth-order valence-corrected chi connectivity index (χ4v) is 3.30. The Morgan fingerprint density at radius 3 is 2.38 bits per heavy atom. The monoisotopic (exact) mass is 352 g/mol. The van der Waals surface area contributed by atoms with Crippen LogP contribution in [0.25, 0.3) is 0 Å². The number of benzene rings is 1. The molecule has 0 aliphatic carbocycles. The maximum atomic E-state index is 14.0.